The summed E-state index contributed by atoms with van der Waals surface area (Å²) in [7, 11) is 0. The van der Waals surface area contributed by atoms with Crippen molar-refractivity contribution in [2.45, 2.75) is 0 Å². The Morgan fingerprint density at radius 3 is 0.489 bits per heavy atom. The Morgan fingerprint density at radius 1 is 0.178 bits per heavy atom. The van der Waals surface area contributed by atoms with Crippen molar-refractivity contribution >= 4 is 0 Å². The summed E-state index contributed by atoms with van der Waals surface area (Å²) in [5.74, 6) is 0.769. The third-order valence-electron chi connectivity index (χ3n) is 8.19. The summed E-state index contributed by atoms with van der Waals surface area (Å²) < 4.78 is 0. The Balaban J connectivity index is 1.27. The molecule has 45 heavy (non-hydrogen) atoms. The molecule has 0 radical (unpaired) electrons. The molecule has 3 nitrogen and oxygen atoms in total. The van der Waals surface area contributed by atoms with Crippen molar-refractivity contribution in [3.05, 3.63) is 164 Å². The van der Waals surface area contributed by atoms with Crippen LogP contribution in [-0.4, -0.2) is 15.3 Å². The van der Waals surface area contributed by atoms with Gasteiger partial charge in [0.2, 0.25) is 0 Å². The molecule has 3 N–H and O–H groups in total. The monoisotopic (exact) mass is 582 g/mol. The second-order valence-corrected chi connectivity index (χ2v) is 11.2. The van der Waals surface area contributed by atoms with Crippen LogP contribution in [0.15, 0.2) is 164 Å². The Hall–Kier alpha value is -6.06. The Labute approximate surface area is 262 Å². The maximum absolute atomic E-state index is 9.68. The van der Waals surface area contributed by atoms with E-state index in [0.717, 1.165) is 66.8 Å². The zero-order valence-corrected chi connectivity index (χ0v) is 24.4. The van der Waals surface area contributed by atoms with Crippen LogP contribution < -0.4 is 0 Å². The standard InChI is InChI=1S/C42H30O3/c43-40-19-13-31(14-20-40)28-1-7-34(8-2-28)37-25-38(35-9-3-29(4-10-35)32-15-21-41(44)22-16-32)27-39(26-37)36-11-5-30(6-12-36)33-17-23-42(45)24-18-33/h1-27,43-45H. The quantitative estimate of drug-likeness (QED) is 0.183. The van der Waals surface area contributed by atoms with Crippen LogP contribution in [0.2, 0.25) is 0 Å². The molecule has 216 valence electrons. The lowest BCUT2D eigenvalue weighted by Gasteiger charge is -2.13. The highest BCUT2D eigenvalue weighted by molar-refractivity contribution is 5.83. The number of hydrogen-bond acceptors (Lipinski definition) is 3. The fourth-order valence-electron chi connectivity index (χ4n) is 5.65. The predicted molar refractivity (Wildman–Crippen MR) is 184 cm³/mol. The van der Waals surface area contributed by atoms with Gasteiger partial charge in [-0.2, -0.15) is 0 Å². The number of aromatic hydroxyl groups is 3. The van der Waals surface area contributed by atoms with Crippen LogP contribution in [0.5, 0.6) is 17.2 Å². The Kier molecular flexibility index (Phi) is 7.34. The van der Waals surface area contributed by atoms with Gasteiger partial charge in [0.05, 0.1) is 0 Å². The molecule has 0 saturated carbocycles. The van der Waals surface area contributed by atoms with E-state index >= 15 is 0 Å². The summed E-state index contributed by atoms with van der Waals surface area (Å²) in [6.45, 7) is 0. The summed E-state index contributed by atoms with van der Waals surface area (Å²) in [5.41, 5.74) is 13.1. The predicted octanol–water partition coefficient (Wildman–Crippen LogP) is 10.8. The minimum absolute atomic E-state index is 0.256. The van der Waals surface area contributed by atoms with Crippen LogP contribution in [0.3, 0.4) is 0 Å². The molecule has 0 fully saturated rings. The topological polar surface area (TPSA) is 60.7 Å². The summed E-state index contributed by atoms with van der Waals surface area (Å²) >= 11 is 0. The number of rotatable bonds is 6. The van der Waals surface area contributed by atoms with Gasteiger partial charge in [-0.1, -0.05) is 109 Å². The second-order valence-electron chi connectivity index (χ2n) is 11.2. The van der Waals surface area contributed by atoms with E-state index in [1.54, 1.807) is 36.4 Å². The van der Waals surface area contributed by atoms with E-state index in [2.05, 4.69) is 91.0 Å². The number of hydrogen-bond donors (Lipinski definition) is 3. The Morgan fingerprint density at radius 2 is 0.311 bits per heavy atom. The fraction of sp³-hybridized carbons (Fsp3) is 0. The molecule has 3 heteroatoms. The van der Waals surface area contributed by atoms with Crippen molar-refractivity contribution in [3.8, 4) is 84.0 Å². The summed E-state index contributed by atoms with van der Waals surface area (Å²) in [5, 5.41) is 29.1. The molecule has 7 aromatic carbocycles. The van der Waals surface area contributed by atoms with Crippen molar-refractivity contribution in [1.29, 1.82) is 0 Å². The molecular formula is C42H30O3. The van der Waals surface area contributed by atoms with Gasteiger partial charge in [0.1, 0.15) is 17.2 Å². The summed E-state index contributed by atoms with van der Waals surface area (Å²) in [4.78, 5) is 0. The molecule has 0 atom stereocenters. The molecule has 0 amide bonds. The first-order valence-corrected chi connectivity index (χ1v) is 14.8. The highest BCUT2D eigenvalue weighted by Crippen LogP contribution is 2.36. The van der Waals surface area contributed by atoms with Gasteiger partial charge in [-0.25, -0.2) is 0 Å². The van der Waals surface area contributed by atoms with Crippen LogP contribution in [0, 0.1) is 0 Å². The summed E-state index contributed by atoms with van der Waals surface area (Å²) in [6.07, 6.45) is 0. The van der Waals surface area contributed by atoms with Crippen LogP contribution >= 0.6 is 0 Å². The molecule has 7 rings (SSSR count). The molecule has 0 heterocycles. The minimum Gasteiger partial charge on any atom is -0.508 e. The zero-order chi connectivity index (χ0) is 30.8. The minimum atomic E-state index is 0.256. The molecule has 0 saturated heterocycles. The molecule has 0 aliphatic heterocycles. The third-order valence-corrected chi connectivity index (χ3v) is 8.19. The average molecular weight is 583 g/mol. The molecule has 0 aliphatic carbocycles. The lowest BCUT2D eigenvalue weighted by atomic mass is 9.91. The first-order valence-electron chi connectivity index (χ1n) is 14.8. The van der Waals surface area contributed by atoms with Crippen molar-refractivity contribution in [3.63, 3.8) is 0 Å². The van der Waals surface area contributed by atoms with Gasteiger partial charge in [-0.3, -0.25) is 0 Å². The molecule has 7 aromatic rings. The van der Waals surface area contributed by atoms with E-state index < -0.39 is 0 Å². The number of phenolic OH excluding ortho intramolecular Hbond substituents is 3. The highest BCUT2D eigenvalue weighted by atomic mass is 16.3. The van der Waals surface area contributed by atoms with Gasteiger partial charge >= 0.3 is 0 Å². The van der Waals surface area contributed by atoms with Gasteiger partial charge in [0, 0.05) is 0 Å². The van der Waals surface area contributed by atoms with E-state index in [-0.39, 0.29) is 17.2 Å². The van der Waals surface area contributed by atoms with Crippen molar-refractivity contribution in [2.75, 3.05) is 0 Å². The van der Waals surface area contributed by atoms with Crippen LogP contribution in [0.25, 0.3) is 66.8 Å². The van der Waals surface area contributed by atoms with E-state index in [1.807, 2.05) is 36.4 Å². The first kappa shape index (κ1) is 27.8. The molecule has 0 bridgehead atoms. The average Bonchev–Trinajstić information content (AvgIpc) is 3.09. The molecule has 0 unspecified atom stereocenters. The van der Waals surface area contributed by atoms with Gasteiger partial charge in [-0.15, -0.1) is 0 Å². The smallest absolute Gasteiger partial charge is 0.115 e. The third kappa shape index (κ3) is 6.06. The fourth-order valence-corrected chi connectivity index (χ4v) is 5.65. The van der Waals surface area contributed by atoms with Crippen LogP contribution in [0.1, 0.15) is 0 Å². The van der Waals surface area contributed by atoms with E-state index in [0.29, 0.717) is 0 Å². The normalized spacial score (nSPS) is 10.9. The summed E-state index contributed by atoms with van der Waals surface area (Å²) in [6, 6.07) is 54.1. The molecule has 0 spiro atoms. The number of phenols is 3. The zero-order valence-electron chi connectivity index (χ0n) is 24.4. The molecule has 0 aliphatic rings. The maximum atomic E-state index is 9.68. The SMILES string of the molecule is Oc1ccc(-c2ccc(-c3cc(-c4ccc(-c5ccc(O)cc5)cc4)cc(-c4ccc(-c5ccc(O)cc5)cc4)c3)cc2)cc1. The Bertz CT molecular complexity index is 1800. The second kappa shape index (κ2) is 11.9. The highest BCUT2D eigenvalue weighted by Gasteiger charge is 2.10. The van der Waals surface area contributed by atoms with Gasteiger partial charge < -0.3 is 15.3 Å². The van der Waals surface area contributed by atoms with Gasteiger partial charge in [-0.05, 0) is 121 Å². The largest absolute Gasteiger partial charge is 0.508 e. The van der Waals surface area contributed by atoms with E-state index in [1.165, 1.54) is 0 Å². The maximum Gasteiger partial charge on any atom is 0.115 e. The lowest BCUT2D eigenvalue weighted by molar-refractivity contribution is 0.475. The van der Waals surface area contributed by atoms with Crippen LogP contribution in [0.4, 0.5) is 0 Å². The van der Waals surface area contributed by atoms with Crippen LogP contribution in [-0.2, 0) is 0 Å². The first-order chi connectivity index (χ1) is 22.0. The van der Waals surface area contributed by atoms with Crippen molar-refractivity contribution in [1.82, 2.24) is 0 Å². The van der Waals surface area contributed by atoms with E-state index in [9.17, 15) is 15.3 Å². The van der Waals surface area contributed by atoms with Crippen molar-refractivity contribution < 1.29 is 15.3 Å². The molecular weight excluding hydrogens is 552 g/mol. The van der Waals surface area contributed by atoms with E-state index in [4.69, 9.17) is 0 Å². The van der Waals surface area contributed by atoms with Gasteiger partial charge in [0.25, 0.3) is 0 Å². The molecule has 0 aromatic heterocycles. The lowest BCUT2D eigenvalue weighted by Crippen LogP contribution is -1.87. The number of benzene rings is 7. The van der Waals surface area contributed by atoms with Crippen molar-refractivity contribution in [2.24, 2.45) is 0 Å². The van der Waals surface area contributed by atoms with Gasteiger partial charge in [0.15, 0.2) is 0 Å².